The van der Waals surface area contributed by atoms with E-state index in [0.29, 0.717) is 17.0 Å². The minimum absolute atomic E-state index is 0.0378. The van der Waals surface area contributed by atoms with Crippen LogP contribution in [0.4, 0.5) is 5.69 Å². The van der Waals surface area contributed by atoms with Crippen LogP contribution in [-0.2, 0) is 4.74 Å². The van der Waals surface area contributed by atoms with Gasteiger partial charge in [0.2, 0.25) is 0 Å². The highest BCUT2D eigenvalue weighted by atomic mass is 16.5. The Bertz CT molecular complexity index is 501. The monoisotopic (exact) mass is 262 g/mol. The van der Waals surface area contributed by atoms with Gasteiger partial charge in [-0.25, -0.2) is 0 Å². The minimum Gasteiger partial charge on any atom is -0.495 e. The van der Waals surface area contributed by atoms with Crippen LogP contribution in [0.3, 0.4) is 0 Å². The van der Waals surface area contributed by atoms with Gasteiger partial charge in [-0.05, 0) is 24.6 Å². The van der Waals surface area contributed by atoms with Crippen LogP contribution in [0.5, 0.6) is 5.75 Å². The highest BCUT2D eigenvalue weighted by Crippen LogP contribution is 2.39. The van der Waals surface area contributed by atoms with Crippen LogP contribution in [0.25, 0.3) is 0 Å². The van der Waals surface area contributed by atoms with Crippen LogP contribution >= 0.6 is 0 Å². The summed E-state index contributed by atoms with van der Waals surface area (Å²) < 4.78 is 10.6. The Morgan fingerprint density at radius 2 is 2.26 bits per heavy atom. The van der Waals surface area contributed by atoms with Crippen molar-refractivity contribution >= 4 is 11.6 Å². The standard InChI is InChI=1S/C14H18N2O3/c1-18-12-6-10(2-3-11(12)15)13(17)16-7-14(8-16)4-5-19-9-14/h2-3,6H,4-5,7-9,15H2,1H3. The Kier molecular flexibility index (Phi) is 2.86. The van der Waals surface area contributed by atoms with Gasteiger partial charge < -0.3 is 20.1 Å². The molecule has 1 aromatic carbocycles. The van der Waals surface area contributed by atoms with Gasteiger partial charge in [-0.15, -0.1) is 0 Å². The van der Waals surface area contributed by atoms with Gasteiger partial charge in [0.1, 0.15) is 5.75 Å². The number of carbonyl (C=O) groups excluding carboxylic acids is 1. The first-order chi connectivity index (χ1) is 9.13. The molecule has 1 amide bonds. The SMILES string of the molecule is COc1cc(C(=O)N2CC3(CCOC3)C2)ccc1N. The third kappa shape index (κ3) is 2.04. The van der Waals surface area contributed by atoms with Crippen molar-refractivity contribution in [1.29, 1.82) is 0 Å². The van der Waals surface area contributed by atoms with Crippen LogP contribution in [0.1, 0.15) is 16.8 Å². The molecule has 0 aromatic heterocycles. The van der Waals surface area contributed by atoms with Crippen molar-refractivity contribution < 1.29 is 14.3 Å². The van der Waals surface area contributed by atoms with Gasteiger partial charge in [-0.3, -0.25) is 4.79 Å². The molecule has 2 fully saturated rings. The molecule has 1 aromatic rings. The highest BCUT2D eigenvalue weighted by Gasteiger charge is 2.47. The van der Waals surface area contributed by atoms with E-state index < -0.39 is 0 Å². The zero-order valence-corrected chi connectivity index (χ0v) is 11.0. The lowest BCUT2D eigenvalue weighted by atomic mass is 9.79. The first-order valence-electron chi connectivity index (χ1n) is 6.44. The van der Waals surface area contributed by atoms with Gasteiger partial charge in [0.05, 0.1) is 19.4 Å². The number of hydrogen-bond donors (Lipinski definition) is 1. The number of nitrogen functional groups attached to an aromatic ring is 1. The van der Waals surface area contributed by atoms with E-state index in [1.165, 1.54) is 0 Å². The molecule has 5 nitrogen and oxygen atoms in total. The first-order valence-corrected chi connectivity index (χ1v) is 6.44. The molecule has 0 unspecified atom stereocenters. The summed E-state index contributed by atoms with van der Waals surface area (Å²) in [6.45, 7) is 3.18. The predicted molar refractivity (Wildman–Crippen MR) is 71.2 cm³/mol. The zero-order valence-electron chi connectivity index (χ0n) is 11.0. The van der Waals surface area contributed by atoms with Crippen molar-refractivity contribution in [3.63, 3.8) is 0 Å². The highest BCUT2D eigenvalue weighted by molar-refractivity contribution is 5.95. The predicted octanol–water partition coefficient (Wildman–Crippen LogP) is 1.14. The fourth-order valence-electron chi connectivity index (χ4n) is 2.83. The summed E-state index contributed by atoms with van der Waals surface area (Å²) in [7, 11) is 1.55. The smallest absolute Gasteiger partial charge is 0.254 e. The second kappa shape index (κ2) is 4.42. The number of nitrogens with zero attached hydrogens (tertiary/aromatic N) is 1. The van der Waals surface area contributed by atoms with Crippen molar-refractivity contribution in [2.24, 2.45) is 5.41 Å². The Hall–Kier alpha value is -1.75. The molecule has 0 saturated carbocycles. The van der Waals surface area contributed by atoms with Gasteiger partial charge in [0.15, 0.2) is 0 Å². The molecule has 102 valence electrons. The summed E-state index contributed by atoms with van der Waals surface area (Å²) in [6.07, 6.45) is 1.06. The Balaban J connectivity index is 1.71. The second-order valence-corrected chi connectivity index (χ2v) is 5.42. The van der Waals surface area contributed by atoms with Gasteiger partial charge in [0.25, 0.3) is 5.91 Å². The third-order valence-electron chi connectivity index (χ3n) is 4.01. The largest absolute Gasteiger partial charge is 0.495 e. The average molecular weight is 262 g/mol. The van der Waals surface area contributed by atoms with Crippen LogP contribution < -0.4 is 10.5 Å². The molecule has 0 aliphatic carbocycles. The summed E-state index contributed by atoms with van der Waals surface area (Å²) in [5.74, 6) is 0.584. The molecule has 5 heteroatoms. The molecule has 0 bridgehead atoms. The van der Waals surface area contributed by atoms with E-state index in [0.717, 1.165) is 32.7 Å². The molecule has 2 aliphatic rings. The van der Waals surface area contributed by atoms with Crippen molar-refractivity contribution in [3.05, 3.63) is 23.8 Å². The summed E-state index contributed by atoms with van der Waals surface area (Å²) in [6, 6.07) is 5.16. The quantitative estimate of drug-likeness (QED) is 0.812. The number of ether oxygens (including phenoxy) is 2. The number of carbonyl (C=O) groups is 1. The molecular formula is C14H18N2O3. The van der Waals surface area contributed by atoms with Crippen molar-refractivity contribution in [2.45, 2.75) is 6.42 Å². The Labute approximate surface area is 112 Å². The molecule has 0 atom stereocenters. The number of benzene rings is 1. The fraction of sp³-hybridized carbons (Fsp3) is 0.500. The van der Waals surface area contributed by atoms with E-state index in [9.17, 15) is 4.79 Å². The lowest BCUT2D eigenvalue weighted by Gasteiger charge is -2.47. The number of amides is 1. The van der Waals surface area contributed by atoms with E-state index in [-0.39, 0.29) is 11.3 Å². The van der Waals surface area contributed by atoms with Crippen LogP contribution in [0.15, 0.2) is 18.2 Å². The Morgan fingerprint density at radius 1 is 1.47 bits per heavy atom. The van der Waals surface area contributed by atoms with E-state index in [2.05, 4.69) is 0 Å². The second-order valence-electron chi connectivity index (χ2n) is 5.42. The average Bonchev–Trinajstić information content (AvgIpc) is 2.86. The fourth-order valence-corrected chi connectivity index (χ4v) is 2.83. The summed E-state index contributed by atoms with van der Waals surface area (Å²) in [4.78, 5) is 14.2. The molecule has 3 rings (SSSR count). The van der Waals surface area contributed by atoms with E-state index in [4.69, 9.17) is 15.2 Å². The molecule has 2 N–H and O–H groups in total. The van der Waals surface area contributed by atoms with Crippen LogP contribution in [-0.4, -0.2) is 44.2 Å². The van der Waals surface area contributed by atoms with Crippen molar-refractivity contribution in [3.8, 4) is 5.75 Å². The maximum atomic E-state index is 12.3. The molecule has 0 radical (unpaired) electrons. The molecule has 19 heavy (non-hydrogen) atoms. The maximum Gasteiger partial charge on any atom is 0.254 e. The molecule has 2 aliphatic heterocycles. The van der Waals surface area contributed by atoms with Crippen LogP contribution in [0, 0.1) is 5.41 Å². The van der Waals surface area contributed by atoms with E-state index in [1.54, 1.807) is 25.3 Å². The summed E-state index contributed by atoms with van der Waals surface area (Å²) in [5.41, 5.74) is 7.14. The van der Waals surface area contributed by atoms with Gasteiger partial charge in [-0.2, -0.15) is 0 Å². The summed E-state index contributed by atoms with van der Waals surface area (Å²) >= 11 is 0. The molecule has 2 heterocycles. The number of nitrogens with two attached hydrogens (primary N) is 1. The Morgan fingerprint density at radius 3 is 2.89 bits per heavy atom. The van der Waals surface area contributed by atoms with Crippen molar-refractivity contribution in [1.82, 2.24) is 4.90 Å². The molecule has 1 spiro atoms. The number of hydrogen-bond acceptors (Lipinski definition) is 4. The number of anilines is 1. The van der Waals surface area contributed by atoms with E-state index >= 15 is 0 Å². The topological polar surface area (TPSA) is 64.8 Å². The molecule has 2 saturated heterocycles. The maximum absolute atomic E-state index is 12.3. The lowest BCUT2D eigenvalue weighted by Crippen LogP contribution is -2.58. The van der Waals surface area contributed by atoms with Crippen LogP contribution in [0.2, 0.25) is 0 Å². The van der Waals surface area contributed by atoms with Crippen molar-refractivity contribution in [2.75, 3.05) is 39.1 Å². The first kappa shape index (κ1) is 12.3. The normalized spacial score (nSPS) is 20.4. The number of likely N-dealkylation sites (tertiary alicyclic amines) is 1. The van der Waals surface area contributed by atoms with Gasteiger partial charge in [0, 0.05) is 30.7 Å². The third-order valence-corrected chi connectivity index (χ3v) is 4.01. The summed E-state index contributed by atoms with van der Waals surface area (Å²) in [5, 5.41) is 0. The van der Waals surface area contributed by atoms with Gasteiger partial charge >= 0.3 is 0 Å². The molecular weight excluding hydrogens is 244 g/mol. The number of methoxy groups -OCH3 is 1. The zero-order chi connectivity index (χ0) is 13.5. The number of rotatable bonds is 2. The van der Waals surface area contributed by atoms with Gasteiger partial charge in [-0.1, -0.05) is 0 Å². The minimum atomic E-state index is 0.0378. The van der Waals surface area contributed by atoms with E-state index in [1.807, 2.05) is 4.90 Å². The lowest BCUT2D eigenvalue weighted by molar-refractivity contribution is 0.000347.